The summed E-state index contributed by atoms with van der Waals surface area (Å²) >= 11 is 0. The number of hydrogen-bond acceptors (Lipinski definition) is 4. The van der Waals surface area contributed by atoms with Crippen molar-refractivity contribution in [2.24, 2.45) is 4.99 Å². The molecule has 0 aliphatic rings. The van der Waals surface area contributed by atoms with Gasteiger partial charge in [0.05, 0.1) is 19.3 Å². The summed E-state index contributed by atoms with van der Waals surface area (Å²) in [7, 11) is 5.45. The molecule has 0 atom stereocenters. The predicted molar refractivity (Wildman–Crippen MR) is 107 cm³/mol. The Morgan fingerprint density at radius 2 is 2.12 bits per heavy atom. The van der Waals surface area contributed by atoms with Crippen LogP contribution in [0.1, 0.15) is 17.1 Å². The number of benzene rings is 1. The molecule has 7 heteroatoms. The van der Waals surface area contributed by atoms with Crippen molar-refractivity contribution in [2.75, 3.05) is 21.2 Å². The van der Waals surface area contributed by atoms with Crippen molar-refractivity contribution in [3.8, 4) is 5.75 Å². The molecule has 1 N–H and O–H groups in total. The predicted octanol–water partition coefficient (Wildman–Crippen LogP) is 2.62. The molecule has 0 saturated heterocycles. The highest BCUT2D eigenvalue weighted by Crippen LogP contribution is 2.13. The second-order valence-corrected chi connectivity index (χ2v) is 5.20. The highest BCUT2D eigenvalue weighted by atomic mass is 127. The average molecular weight is 441 g/mol. The van der Waals surface area contributed by atoms with Gasteiger partial charge >= 0.3 is 0 Å². The monoisotopic (exact) mass is 441 g/mol. The SMILES string of the molecule is CN=C(NCc1ccnc(C)n1)N(C)Cc1cccc(OC)c1.I. The number of aromatic nitrogens is 2. The van der Waals surface area contributed by atoms with Gasteiger partial charge in [0.15, 0.2) is 5.96 Å². The molecule has 0 aliphatic heterocycles. The number of hydrogen-bond donors (Lipinski definition) is 1. The molecule has 0 radical (unpaired) electrons. The van der Waals surface area contributed by atoms with Crippen LogP contribution in [0, 0.1) is 6.92 Å². The van der Waals surface area contributed by atoms with Crippen molar-refractivity contribution in [2.45, 2.75) is 20.0 Å². The molecule has 0 unspecified atom stereocenters. The minimum absolute atomic E-state index is 0. The lowest BCUT2D eigenvalue weighted by Gasteiger charge is -2.22. The molecular formula is C17H24IN5O. The van der Waals surface area contributed by atoms with Crippen molar-refractivity contribution in [1.82, 2.24) is 20.2 Å². The molecular weight excluding hydrogens is 417 g/mol. The van der Waals surface area contributed by atoms with Gasteiger partial charge in [-0.3, -0.25) is 4.99 Å². The highest BCUT2D eigenvalue weighted by molar-refractivity contribution is 14.0. The summed E-state index contributed by atoms with van der Waals surface area (Å²) < 4.78 is 5.26. The zero-order valence-corrected chi connectivity index (χ0v) is 16.8. The number of aryl methyl sites for hydroxylation is 1. The first-order valence-corrected chi connectivity index (χ1v) is 7.45. The zero-order chi connectivity index (χ0) is 16.7. The summed E-state index contributed by atoms with van der Waals surface area (Å²) in [6, 6.07) is 9.92. The number of halogens is 1. The quantitative estimate of drug-likeness (QED) is 0.439. The van der Waals surface area contributed by atoms with Crippen LogP contribution in [-0.4, -0.2) is 42.0 Å². The van der Waals surface area contributed by atoms with Gasteiger partial charge in [-0.1, -0.05) is 12.1 Å². The van der Waals surface area contributed by atoms with Crippen molar-refractivity contribution in [3.63, 3.8) is 0 Å². The molecule has 0 fully saturated rings. The van der Waals surface area contributed by atoms with Crippen LogP contribution >= 0.6 is 24.0 Å². The Morgan fingerprint density at radius 3 is 2.79 bits per heavy atom. The maximum Gasteiger partial charge on any atom is 0.194 e. The van der Waals surface area contributed by atoms with Crippen LogP contribution in [0.2, 0.25) is 0 Å². The Kier molecular flexibility index (Phi) is 8.45. The molecule has 0 aliphatic carbocycles. The van der Waals surface area contributed by atoms with E-state index in [1.807, 2.05) is 38.2 Å². The number of nitrogens with one attached hydrogen (secondary N) is 1. The molecule has 2 rings (SSSR count). The number of aliphatic imine (C=N–C) groups is 1. The molecule has 130 valence electrons. The Labute approximate surface area is 160 Å². The number of guanidine groups is 1. The van der Waals surface area contributed by atoms with E-state index in [9.17, 15) is 0 Å². The third-order valence-electron chi connectivity index (χ3n) is 3.39. The molecule has 0 amide bonds. The molecule has 2 aromatic rings. The topological polar surface area (TPSA) is 62.6 Å². The largest absolute Gasteiger partial charge is 0.497 e. The van der Waals surface area contributed by atoms with E-state index >= 15 is 0 Å². The average Bonchev–Trinajstić information content (AvgIpc) is 2.55. The van der Waals surface area contributed by atoms with Crippen LogP contribution in [0.25, 0.3) is 0 Å². The summed E-state index contributed by atoms with van der Waals surface area (Å²) in [4.78, 5) is 14.9. The fraction of sp³-hybridized carbons (Fsp3) is 0.353. The van der Waals surface area contributed by atoms with Crippen LogP contribution in [0.3, 0.4) is 0 Å². The molecule has 1 aromatic heterocycles. The fourth-order valence-electron chi connectivity index (χ4n) is 2.28. The number of methoxy groups -OCH3 is 1. The van der Waals surface area contributed by atoms with Crippen molar-refractivity contribution >= 4 is 29.9 Å². The van der Waals surface area contributed by atoms with E-state index in [4.69, 9.17) is 4.74 Å². The number of nitrogens with zero attached hydrogens (tertiary/aromatic N) is 4. The maximum atomic E-state index is 5.26. The van der Waals surface area contributed by atoms with E-state index < -0.39 is 0 Å². The van der Waals surface area contributed by atoms with Gasteiger partial charge in [-0.05, 0) is 30.7 Å². The molecule has 24 heavy (non-hydrogen) atoms. The minimum Gasteiger partial charge on any atom is -0.497 e. The zero-order valence-electron chi connectivity index (χ0n) is 14.5. The Bertz CT molecular complexity index is 678. The van der Waals surface area contributed by atoms with E-state index in [1.165, 1.54) is 0 Å². The summed E-state index contributed by atoms with van der Waals surface area (Å²) in [5, 5.41) is 3.32. The van der Waals surface area contributed by atoms with Gasteiger partial charge < -0.3 is 15.0 Å². The van der Waals surface area contributed by atoms with Crippen molar-refractivity contribution in [1.29, 1.82) is 0 Å². The molecule has 6 nitrogen and oxygen atoms in total. The molecule has 0 spiro atoms. The first-order chi connectivity index (χ1) is 11.1. The highest BCUT2D eigenvalue weighted by Gasteiger charge is 2.07. The second kappa shape index (κ2) is 10.1. The van der Waals surface area contributed by atoms with Crippen molar-refractivity contribution in [3.05, 3.63) is 53.6 Å². The molecule has 0 bridgehead atoms. The first-order valence-electron chi connectivity index (χ1n) is 7.45. The molecule has 1 heterocycles. The van der Waals surface area contributed by atoms with Gasteiger partial charge in [0, 0.05) is 26.8 Å². The lowest BCUT2D eigenvalue weighted by Crippen LogP contribution is -2.38. The fourth-order valence-corrected chi connectivity index (χ4v) is 2.28. The van der Waals surface area contributed by atoms with E-state index in [-0.39, 0.29) is 24.0 Å². The summed E-state index contributed by atoms with van der Waals surface area (Å²) in [5.74, 6) is 2.43. The van der Waals surface area contributed by atoms with Gasteiger partial charge in [-0.15, -0.1) is 24.0 Å². The van der Waals surface area contributed by atoms with Crippen LogP contribution in [0.4, 0.5) is 0 Å². The Hall–Kier alpha value is -1.90. The van der Waals surface area contributed by atoms with Crippen molar-refractivity contribution < 1.29 is 4.74 Å². The molecule has 1 aromatic carbocycles. The number of ether oxygens (including phenoxy) is 1. The lowest BCUT2D eigenvalue weighted by atomic mass is 10.2. The summed E-state index contributed by atoms with van der Waals surface area (Å²) in [6.45, 7) is 3.23. The summed E-state index contributed by atoms with van der Waals surface area (Å²) in [5.41, 5.74) is 2.10. The van der Waals surface area contributed by atoms with Gasteiger partial charge in [-0.2, -0.15) is 0 Å². The smallest absolute Gasteiger partial charge is 0.194 e. The second-order valence-electron chi connectivity index (χ2n) is 5.20. The maximum absolute atomic E-state index is 5.26. The number of rotatable bonds is 5. The van der Waals surface area contributed by atoms with Crippen LogP contribution in [0.15, 0.2) is 41.5 Å². The van der Waals surface area contributed by atoms with Gasteiger partial charge in [-0.25, -0.2) is 9.97 Å². The standard InChI is InChI=1S/C17H23N5O.HI/c1-13-19-9-8-15(21-13)11-20-17(18-2)22(3)12-14-6-5-7-16(10-14)23-4;/h5-10H,11-12H2,1-4H3,(H,18,20);1H. The first kappa shape index (κ1) is 20.1. The Balaban J connectivity index is 0.00000288. The van der Waals surface area contributed by atoms with E-state index in [2.05, 4.69) is 31.2 Å². The lowest BCUT2D eigenvalue weighted by molar-refractivity contribution is 0.412. The van der Waals surface area contributed by atoms with Gasteiger partial charge in [0.1, 0.15) is 11.6 Å². The van der Waals surface area contributed by atoms with Gasteiger partial charge in [0.2, 0.25) is 0 Å². The van der Waals surface area contributed by atoms with Crippen LogP contribution in [-0.2, 0) is 13.1 Å². The van der Waals surface area contributed by atoms with E-state index in [1.54, 1.807) is 20.4 Å². The normalized spacial score (nSPS) is 10.8. The van der Waals surface area contributed by atoms with E-state index in [0.29, 0.717) is 6.54 Å². The Morgan fingerprint density at radius 1 is 1.33 bits per heavy atom. The minimum atomic E-state index is 0. The third kappa shape index (κ3) is 5.95. The molecule has 0 saturated carbocycles. The van der Waals surface area contributed by atoms with Gasteiger partial charge in [0.25, 0.3) is 0 Å². The third-order valence-corrected chi connectivity index (χ3v) is 3.39. The van der Waals surface area contributed by atoms with Crippen LogP contribution < -0.4 is 10.1 Å². The van der Waals surface area contributed by atoms with Crippen LogP contribution in [0.5, 0.6) is 5.75 Å². The summed E-state index contributed by atoms with van der Waals surface area (Å²) in [6.07, 6.45) is 1.77. The van der Waals surface area contributed by atoms with E-state index in [0.717, 1.165) is 35.3 Å².